The lowest BCUT2D eigenvalue weighted by Crippen LogP contribution is -2.37. The summed E-state index contributed by atoms with van der Waals surface area (Å²) in [4.78, 5) is 13.1. The van der Waals surface area contributed by atoms with Crippen LogP contribution in [0.4, 0.5) is 11.8 Å². The van der Waals surface area contributed by atoms with Crippen molar-refractivity contribution in [2.75, 3.05) is 43.2 Å². The van der Waals surface area contributed by atoms with Gasteiger partial charge in [0.15, 0.2) is 0 Å². The monoisotopic (exact) mass is 333 g/mol. The molecule has 2 heterocycles. The number of allylic oxidation sites excluding steroid dienone is 1. The summed E-state index contributed by atoms with van der Waals surface area (Å²) in [5.74, 6) is 2.77. The average molecular weight is 334 g/mol. The number of ether oxygens (including phenoxy) is 1. The van der Waals surface area contributed by atoms with E-state index in [-0.39, 0.29) is 0 Å². The first-order chi connectivity index (χ1) is 11.1. The summed E-state index contributed by atoms with van der Waals surface area (Å²) in [6.07, 6.45) is 3.91. The molecule has 0 saturated carbocycles. The first-order valence-corrected chi connectivity index (χ1v) is 7.93. The number of anilines is 2. The van der Waals surface area contributed by atoms with Gasteiger partial charge in [-0.05, 0) is 6.42 Å². The Balaban J connectivity index is 2.45. The highest BCUT2D eigenvalue weighted by Gasteiger charge is 2.21. The van der Waals surface area contributed by atoms with Crippen LogP contribution in [0, 0.1) is 0 Å². The molecule has 0 atom stereocenters. The Morgan fingerprint density at radius 2 is 2.13 bits per heavy atom. The van der Waals surface area contributed by atoms with Gasteiger partial charge in [-0.2, -0.15) is 4.98 Å². The Morgan fingerprint density at radius 3 is 2.70 bits per heavy atom. The molecule has 23 heavy (non-hydrogen) atoms. The molecule has 0 amide bonds. The number of hydrogen-bond donors (Lipinski definition) is 1. The van der Waals surface area contributed by atoms with Crippen LogP contribution < -0.4 is 15.5 Å². The second kappa shape index (κ2) is 8.22. The van der Waals surface area contributed by atoms with E-state index in [0.717, 1.165) is 30.2 Å². The molecule has 1 fully saturated rings. The van der Waals surface area contributed by atoms with Crippen LogP contribution in [0.25, 0.3) is 0 Å². The summed E-state index contributed by atoms with van der Waals surface area (Å²) >= 11 is 6.39. The van der Waals surface area contributed by atoms with Gasteiger partial charge in [0.2, 0.25) is 5.95 Å². The van der Waals surface area contributed by atoms with Crippen LogP contribution in [0.1, 0.15) is 12.5 Å². The van der Waals surface area contributed by atoms with Crippen molar-refractivity contribution in [1.29, 1.82) is 0 Å². The maximum atomic E-state index is 6.39. The smallest absolute Gasteiger partial charge is 0.228 e. The van der Waals surface area contributed by atoms with Crippen molar-refractivity contribution in [2.24, 2.45) is 5.73 Å². The minimum Gasteiger partial charge on any atom is -0.403 e. The van der Waals surface area contributed by atoms with E-state index in [0.29, 0.717) is 30.7 Å². The lowest BCUT2D eigenvalue weighted by molar-refractivity contribution is 0.122. The largest absolute Gasteiger partial charge is 0.403 e. The predicted octanol–water partition coefficient (Wildman–Crippen LogP) is 1.45. The third kappa shape index (κ3) is 3.97. The molecule has 2 N–H and O–H groups in total. The highest BCUT2D eigenvalue weighted by molar-refractivity contribution is 6.30. The molecule has 0 bridgehead atoms. The van der Waals surface area contributed by atoms with Crippen molar-refractivity contribution in [1.82, 2.24) is 9.97 Å². The molecular formula is C15H21BClN5O. The molecule has 122 valence electrons. The van der Waals surface area contributed by atoms with Crippen molar-refractivity contribution >= 4 is 31.2 Å². The van der Waals surface area contributed by atoms with E-state index in [9.17, 15) is 0 Å². The van der Waals surface area contributed by atoms with Crippen LogP contribution >= 0.6 is 11.6 Å². The van der Waals surface area contributed by atoms with Gasteiger partial charge in [0, 0.05) is 31.9 Å². The average Bonchev–Trinajstić information content (AvgIpc) is 2.59. The molecule has 8 heteroatoms. The molecule has 0 unspecified atom stereocenters. The molecule has 0 aromatic carbocycles. The molecule has 1 aromatic rings. The van der Waals surface area contributed by atoms with Crippen molar-refractivity contribution in [3.05, 3.63) is 34.7 Å². The molecule has 6 nitrogen and oxygen atoms in total. The summed E-state index contributed by atoms with van der Waals surface area (Å²) < 4.78 is 5.37. The molecule has 1 aromatic heterocycles. The van der Waals surface area contributed by atoms with Gasteiger partial charge in [-0.25, -0.2) is 4.98 Å². The summed E-state index contributed by atoms with van der Waals surface area (Å²) in [7, 11) is 7.36. The molecule has 1 aliphatic heterocycles. The van der Waals surface area contributed by atoms with Gasteiger partial charge in [0.05, 0.1) is 18.9 Å². The Hall–Kier alpha value is -1.73. The van der Waals surface area contributed by atoms with Crippen molar-refractivity contribution in [3.63, 3.8) is 0 Å². The minimum atomic E-state index is 0.457. The molecule has 2 radical (unpaired) electrons. The number of morpholine rings is 1. The van der Waals surface area contributed by atoms with E-state index >= 15 is 0 Å². The zero-order valence-electron chi connectivity index (χ0n) is 13.5. The maximum absolute atomic E-state index is 6.39. The fraction of sp³-hybridized carbons (Fsp3) is 0.467. The first kappa shape index (κ1) is 17.6. The SMILES string of the molecule is [B]/C=C\C(=C/N)N(C)c1nc(N2CCOCC2)nc(Cl)c1CC. The number of nitrogens with zero attached hydrogens (tertiary/aromatic N) is 4. The normalized spacial score (nSPS) is 16.1. The van der Waals surface area contributed by atoms with Crippen LogP contribution in [0.5, 0.6) is 0 Å². The van der Waals surface area contributed by atoms with Crippen LogP contribution in [0.15, 0.2) is 23.9 Å². The van der Waals surface area contributed by atoms with Crippen LogP contribution in [0.2, 0.25) is 5.15 Å². The number of halogens is 1. The summed E-state index contributed by atoms with van der Waals surface area (Å²) in [5, 5.41) is 0.457. The zero-order chi connectivity index (χ0) is 16.8. The van der Waals surface area contributed by atoms with Crippen molar-refractivity contribution < 1.29 is 4.74 Å². The van der Waals surface area contributed by atoms with Gasteiger partial charge in [-0.15, -0.1) is 5.98 Å². The topological polar surface area (TPSA) is 67.5 Å². The second-order valence-electron chi connectivity index (χ2n) is 5.08. The van der Waals surface area contributed by atoms with E-state index in [1.807, 2.05) is 18.9 Å². The standard InChI is InChI=1S/C15H21BClN5O/c1-3-12-13(17)19-15(22-6-8-23-9-7-22)20-14(12)21(2)11(10-18)4-5-16/h4-5,10H,3,6-9,18H2,1-2H3/b5-4-,11-10+. The summed E-state index contributed by atoms with van der Waals surface area (Å²) in [5.41, 5.74) is 7.29. The van der Waals surface area contributed by atoms with Crippen LogP contribution in [-0.2, 0) is 11.2 Å². The first-order valence-electron chi connectivity index (χ1n) is 7.55. The highest BCUT2D eigenvalue weighted by Crippen LogP contribution is 2.29. The zero-order valence-corrected chi connectivity index (χ0v) is 14.3. The summed E-state index contributed by atoms with van der Waals surface area (Å²) in [6, 6.07) is 0. The second-order valence-corrected chi connectivity index (χ2v) is 5.44. The number of aromatic nitrogens is 2. The van der Waals surface area contributed by atoms with Gasteiger partial charge in [-0.3, -0.25) is 0 Å². The van der Waals surface area contributed by atoms with E-state index in [1.54, 1.807) is 6.08 Å². The molecule has 1 aliphatic rings. The number of hydrogen-bond acceptors (Lipinski definition) is 6. The molecule has 0 aliphatic carbocycles. The minimum absolute atomic E-state index is 0.457. The fourth-order valence-corrected chi connectivity index (χ4v) is 2.71. The Labute approximate surface area is 143 Å². The number of likely N-dealkylation sites (N-methyl/N-ethyl adjacent to an activating group) is 1. The highest BCUT2D eigenvalue weighted by atomic mass is 35.5. The molecule has 0 spiro atoms. The Morgan fingerprint density at radius 1 is 1.43 bits per heavy atom. The van der Waals surface area contributed by atoms with Gasteiger partial charge < -0.3 is 20.3 Å². The van der Waals surface area contributed by atoms with E-state index in [1.165, 1.54) is 12.2 Å². The van der Waals surface area contributed by atoms with E-state index < -0.39 is 0 Å². The van der Waals surface area contributed by atoms with Gasteiger partial charge in [0.1, 0.15) is 18.8 Å². The molecule has 2 rings (SSSR count). The van der Waals surface area contributed by atoms with E-state index in [2.05, 4.69) is 9.88 Å². The van der Waals surface area contributed by atoms with Gasteiger partial charge >= 0.3 is 0 Å². The Bertz CT molecular complexity index is 602. The van der Waals surface area contributed by atoms with Gasteiger partial charge in [0.25, 0.3) is 0 Å². The van der Waals surface area contributed by atoms with Crippen molar-refractivity contribution in [3.8, 4) is 0 Å². The maximum Gasteiger partial charge on any atom is 0.228 e. The summed E-state index contributed by atoms with van der Waals surface area (Å²) in [6.45, 7) is 4.82. The molecular weight excluding hydrogens is 312 g/mol. The number of rotatable bonds is 5. The third-order valence-electron chi connectivity index (χ3n) is 3.71. The van der Waals surface area contributed by atoms with Crippen LogP contribution in [-0.4, -0.2) is 51.2 Å². The van der Waals surface area contributed by atoms with E-state index in [4.69, 9.17) is 34.9 Å². The Kier molecular flexibility index (Phi) is 6.30. The lowest BCUT2D eigenvalue weighted by Gasteiger charge is -2.29. The fourth-order valence-electron chi connectivity index (χ4n) is 2.42. The lowest BCUT2D eigenvalue weighted by atomic mass is 10.1. The van der Waals surface area contributed by atoms with Gasteiger partial charge in [-0.1, -0.05) is 24.6 Å². The number of nitrogens with two attached hydrogens (primary N) is 1. The quantitative estimate of drug-likeness (QED) is 0.500. The van der Waals surface area contributed by atoms with Crippen molar-refractivity contribution in [2.45, 2.75) is 13.3 Å². The van der Waals surface area contributed by atoms with Crippen LogP contribution in [0.3, 0.4) is 0 Å². The predicted molar refractivity (Wildman–Crippen MR) is 95.0 cm³/mol. The third-order valence-corrected chi connectivity index (χ3v) is 4.03. The molecule has 1 saturated heterocycles.